The van der Waals surface area contributed by atoms with Crippen molar-refractivity contribution in [2.45, 2.75) is 19.1 Å². The van der Waals surface area contributed by atoms with Crippen LogP contribution in [0.5, 0.6) is 0 Å². The minimum atomic E-state index is -0.933. The second-order valence-corrected chi connectivity index (χ2v) is 4.81. The Bertz CT molecular complexity index is 404. The number of carboxylic acids is 1. The van der Waals surface area contributed by atoms with E-state index in [9.17, 15) is 4.79 Å². The van der Waals surface area contributed by atoms with Gasteiger partial charge in [-0.15, -0.1) is 11.3 Å². The lowest BCUT2D eigenvalue weighted by atomic mass is 10.3. The van der Waals surface area contributed by atoms with Crippen molar-refractivity contribution in [1.29, 1.82) is 0 Å². The van der Waals surface area contributed by atoms with Crippen molar-refractivity contribution in [1.82, 2.24) is 0 Å². The van der Waals surface area contributed by atoms with Crippen molar-refractivity contribution < 1.29 is 19.4 Å². The van der Waals surface area contributed by atoms with Gasteiger partial charge in [-0.1, -0.05) is 0 Å². The lowest BCUT2D eigenvalue weighted by Gasteiger charge is -2.07. The van der Waals surface area contributed by atoms with Crippen molar-refractivity contribution in [2.75, 3.05) is 13.2 Å². The molecule has 1 fully saturated rings. The number of ether oxygens (including phenoxy) is 2. The van der Waals surface area contributed by atoms with Crippen LogP contribution < -0.4 is 0 Å². The highest BCUT2D eigenvalue weighted by Crippen LogP contribution is 2.19. The molecule has 0 aliphatic carbocycles. The fourth-order valence-corrected chi connectivity index (χ4v) is 2.35. The van der Waals surface area contributed by atoms with Gasteiger partial charge >= 0.3 is 5.97 Å². The predicted octanol–water partition coefficient (Wildman–Crippen LogP) is 2.15. The van der Waals surface area contributed by atoms with Gasteiger partial charge in [0.15, 0.2) is 0 Å². The van der Waals surface area contributed by atoms with E-state index in [1.165, 1.54) is 0 Å². The van der Waals surface area contributed by atoms with Gasteiger partial charge < -0.3 is 14.6 Å². The molecule has 92 valence electrons. The van der Waals surface area contributed by atoms with Crippen LogP contribution in [0.15, 0.2) is 17.5 Å². The van der Waals surface area contributed by atoms with Crippen LogP contribution in [0.4, 0.5) is 0 Å². The molecule has 5 heteroatoms. The van der Waals surface area contributed by atoms with E-state index >= 15 is 0 Å². The third-order valence-corrected chi connectivity index (χ3v) is 3.37. The van der Waals surface area contributed by atoms with Crippen molar-refractivity contribution in [2.24, 2.45) is 0 Å². The highest BCUT2D eigenvalue weighted by Gasteiger charge is 2.15. The van der Waals surface area contributed by atoms with E-state index < -0.39 is 5.97 Å². The van der Waals surface area contributed by atoms with E-state index in [0.29, 0.717) is 13.2 Å². The standard InChI is InChI=1S/C12H14O4S/c13-12(14)2-1-9-5-11(17-8-9)7-16-10-3-4-15-6-10/h1-2,5,8,10H,3-4,6-7H2,(H,13,14). The molecule has 1 saturated heterocycles. The molecular weight excluding hydrogens is 240 g/mol. The average Bonchev–Trinajstić information content (AvgIpc) is 2.95. The number of carbonyl (C=O) groups is 1. The zero-order chi connectivity index (χ0) is 12.1. The Morgan fingerprint density at radius 3 is 3.29 bits per heavy atom. The fraction of sp³-hybridized carbons (Fsp3) is 0.417. The number of rotatable bonds is 5. The summed E-state index contributed by atoms with van der Waals surface area (Å²) in [6.45, 7) is 2.03. The highest BCUT2D eigenvalue weighted by molar-refractivity contribution is 7.10. The number of thiophene rings is 1. The van der Waals surface area contributed by atoms with E-state index in [2.05, 4.69) is 0 Å². The molecule has 0 aromatic carbocycles. The summed E-state index contributed by atoms with van der Waals surface area (Å²) in [7, 11) is 0. The third kappa shape index (κ3) is 3.96. The van der Waals surface area contributed by atoms with Gasteiger partial charge in [0.1, 0.15) is 0 Å². The molecule has 1 aliphatic rings. The molecule has 1 aromatic rings. The summed E-state index contributed by atoms with van der Waals surface area (Å²) in [5.41, 5.74) is 0.902. The average molecular weight is 254 g/mol. The normalized spacial score (nSPS) is 20.1. The van der Waals surface area contributed by atoms with Crippen LogP contribution in [-0.4, -0.2) is 30.4 Å². The molecule has 17 heavy (non-hydrogen) atoms. The lowest BCUT2D eigenvalue weighted by Crippen LogP contribution is -2.11. The van der Waals surface area contributed by atoms with Crippen LogP contribution in [0.3, 0.4) is 0 Å². The Labute approximate surface area is 103 Å². The maximum atomic E-state index is 10.4. The Kier molecular flexibility index (Phi) is 4.30. The van der Waals surface area contributed by atoms with Gasteiger partial charge in [0.05, 0.1) is 19.3 Å². The van der Waals surface area contributed by atoms with Gasteiger partial charge in [-0.3, -0.25) is 0 Å². The molecule has 4 nitrogen and oxygen atoms in total. The maximum absolute atomic E-state index is 10.4. The Balaban J connectivity index is 1.83. The molecule has 1 N–H and O–H groups in total. The van der Waals surface area contributed by atoms with Crippen molar-refractivity contribution in [3.05, 3.63) is 28.0 Å². The quantitative estimate of drug-likeness (QED) is 0.818. The molecular formula is C12H14O4S. The minimum absolute atomic E-state index is 0.204. The van der Waals surface area contributed by atoms with E-state index in [0.717, 1.165) is 29.5 Å². The fourth-order valence-electron chi connectivity index (χ4n) is 1.57. The van der Waals surface area contributed by atoms with E-state index in [-0.39, 0.29) is 6.10 Å². The first-order valence-electron chi connectivity index (χ1n) is 5.42. The Morgan fingerprint density at radius 2 is 2.59 bits per heavy atom. The molecule has 1 aliphatic heterocycles. The molecule has 2 heterocycles. The summed E-state index contributed by atoms with van der Waals surface area (Å²) in [6, 6.07) is 1.94. The zero-order valence-electron chi connectivity index (χ0n) is 9.30. The van der Waals surface area contributed by atoms with E-state index in [1.807, 2.05) is 11.4 Å². The summed E-state index contributed by atoms with van der Waals surface area (Å²) in [5.74, 6) is -0.933. The molecule has 0 saturated carbocycles. The summed E-state index contributed by atoms with van der Waals surface area (Å²) in [4.78, 5) is 11.5. The molecule has 0 bridgehead atoms. The van der Waals surface area contributed by atoms with Gasteiger partial charge in [-0.2, -0.15) is 0 Å². The van der Waals surface area contributed by atoms with E-state index in [1.54, 1.807) is 17.4 Å². The molecule has 2 rings (SSSR count). The second kappa shape index (κ2) is 5.95. The molecule has 0 radical (unpaired) electrons. The summed E-state index contributed by atoms with van der Waals surface area (Å²) < 4.78 is 10.9. The molecule has 1 unspecified atom stereocenters. The smallest absolute Gasteiger partial charge is 0.328 e. The van der Waals surface area contributed by atoms with Crippen LogP contribution >= 0.6 is 11.3 Å². The largest absolute Gasteiger partial charge is 0.478 e. The lowest BCUT2D eigenvalue weighted by molar-refractivity contribution is -0.131. The van der Waals surface area contributed by atoms with E-state index in [4.69, 9.17) is 14.6 Å². The first kappa shape index (κ1) is 12.3. The van der Waals surface area contributed by atoms with Gasteiger partial charge in [0, 0.05) is 17.6 Å². The van der Waals surface area contributed by atoms with Gasteiger partial charge in [0.25, 0.3) is 0 Å². The molecule has 1 atom stereocenters. The molecule has 0 amide bonds. The Hall–Kier alpha value is -1.17. The maximum Gasteiger partial charge on any atom is 0.328 e. The Morgan fingerprint density at radius 1 is 1.71 bits per heavy atom. The van der Waals surface area contributed by atoms with Gasteiger partial charge in [-0.05, 0) is 29.5 Å². The second-order valence-electron chi connectivity index (χ2n) is 3.81. The van der Waals surface area contributed by atoms with Crippen molar-refractivity contribution >= 4 is 23.4 Å². The van der Waals surface area contributed by atoms with Crippen LogP contribution in [0.25, 0.3) is 6.08 Å². The number of hydrogen-bond donors (Lipinski definition) is 1. The first-order valence-corrected chi connectivity index (χ1v) is 6.30. The topological polar surface area (TPSA) is 55.8 Å². The third-order valence-electron chi connectivity index (χ3n) is 2.44. The zero-order valence-corrected chi connectivity index (χ0v) is 10.1. The first-order chi connectivity index (χ1) is 8.24. The van der Waals surface area contributed by atoms with Crippen LogP contribution in [0.2, 0.25) is 0 Å². The van der Waals surface area contributed by atoms with Crippen LogP contribution in [0.1, 0.15) is 16.9 Å². The van der Waals surface area contributed by atoms with Crippen molar-refractivity contribution in [3.8, 4) is 0 Å². The van der Waals surface area contributed by atoms with Gasteiger partial charge in [-0.25, -0.2) is 4.79 Å². The number of carboxylic acid groups (broad SMARTS) is 1. The summed E-state index contributed by atoms with van der Waals surface area (Å²) >= 11 is 1.57. The molecule has 1 aromatic heterocycles. The summed E-state index contributed by atoms with van der Waals surface area (Å²) in [5, 5.41) is 10.4. The number of hydrogen-bond acceptors (Lipinski definition) is 4. The van der Waals surface area contributed by atoms with Crippen molar-refractivity contribution in [3.63, 3.8) is 0 Å². The number of aliphatic carboxylic acids is 1. The highest BCUT2D eigenvalue weighted by atomic mass is 32.1. The molecule has 0 spiro atoms. The van der Waals surface area contributed by atoms with Crippen LogP contribution in [-0.2, 0) is 20.9 Å². The van der Waals surface area contributed by atoms with Gasteiger partial charge in [0.2, 0.25) is 0 Å². The minimum Gasteiger partial charge on any atom is -0.478 e. The van der Waals surface area contributed by atoms with Crippen LogP contribution in [0, 0.1) is 0 Å². The monoisotopic (exact) mass is 254 g/mol. The predicted molar refractivity (Wildman–Crippen MR) is 65.0 cm³/mol. The summed E-state index contributed by atoms with van der Waals surface area (Å²) in [6.07, 6.45) is 3.88. The SMILES string of the molecule is O=C(O)C=Cc1csc(COC2CCOC2)c1.